The van der Waals surface area contributed by atoms with Gasteiger partial charge >= 0.3 is 5.69 Å². The maximum absolute atomic E-state index is 14.7. The van der Waals surface area contributed by atoms with Crippen LogP contribution in [-0.2, 0) is 6.54 Å². The lowest BCUT2D eigenvalue weighted by Gasteiger charge is -2.14. The highest BCUT2D eigenvalue weighted by Gasteiger charge is 2.21. The van der Waals surface area contributed by atoms with Crippen LogP contribution in [0.5, 0.6) is 11.5 Å². The molecule has 2 aromatic carbocycles. The van der Waals surface area contributed by atoms with Crippen LogP contribution in [0.2, 0.25) is 0 Å². The van der Waals surface area contributed by atoms with Crippen LogP contribution >= 0.6 is 0 Å². The Morgan fingerprint density at radius 3 is 2.45 bits per heavy atom. The minimum Gasteiger partial charge on any atom is -0.454 e. The number of nitrogens with one attached hydrogen (secondary N) is 1. The normalized spacial score (nSPS) is 11.0. The average Bonchev–Trinajstić information content (AvgIpc) is 2.86. The Morgan fingerprint density at radius 1 is 1.08 bits per heavy atom. The molecule has 4 aromatic rings. The van der Waals surface area contributed by atoms with E-state index in [1.165, 1.54) is 24.4 Å². The van der Waals surface area contributed by atoms with Gasteiger partial charge in [-0.3, -0.25) is 14.2 Å². The van der Waals surface area contributed by atoms with E-state index in [0.29, 0.717) is 20.9 Å². The summed E-state index contributed by atoms with van der Waals surface area (Å²) in [7, 11) is 0. The van der Waals surface area contributed by atoms with Gasteiger partial charge in [-0.05, 0) is 49.4 Å². The zero-order valence-electron chi connectivity index (χ0n) is 19.6. The van der Waals surface area contributed by atoms with Crippen LogP contribution < -0.4 is 27.0 Å². The van der Waals surface area contributed by atoms with Gasteiger partial charge in [0.2, 0.25) is 0 Å². The fraction of sp³-hybridized carbons (Fsp3) is 0.120. The third-order valence-electron chi connectivity index (χ3n) is 5.42. The molecule has 0 saturated carbocycles. The molecular formula is C25H19F4N5O4. The first kappa shape index (κ1) is 26.1. The van der Waals surface area contributed by atoms with E-state index in [1.807, 2.05) is 0 Å². The van der Waals surface area contributed by atoms with Crippen molar-refractivity contribution in [3.63, 3.8) is 0 Å². The Kier molecular flexibility index (Phi) is 7.28. The summed E-state index contributed by atoms with van der Waals surface area (Å²) in [6.45, 7) is 0.524. The number of hydrogen-bond donors (Lipinski definition) is 2. The molecule has 9 nitrogen and oxygen atoms in total. The number of pyridine rings is 1. The molecule has 0 fully saturated rings. The second-order valence-electron chi connectivity index (χ2n) is 8.01. The number of carbonyl (C=O) groups excluding carboxylic acids is 1. The first-order chi connectivity index (χ1) is 18.0. The monoisotopic (exact) mass is 529 g/mol. The van der Waals surface area contributed by atoms with Crippen molar-refractivity contribution < 1.29 is 27.1 Å². The Bertz CT molecular complexity index is 1630. The number of anilines is 2. The molecule has 0 bridgehead atoms. The van der Waals surface area contributed by atoms with Crippen LogP contribution in [0.3, 0.4) is 0 Å². The summed E-state index contributed by atoms with van der Waals surface area (Å²) >= 11 is 0. The molecule has 0 aliphatic heterocycles. The number of carbonyl (C=O) groups is 1. The second kappa shape index (κ2) is 10.6. The Balaban J connectivity index is 1.67. The summed E-state index contributed by atoms with van der Waals surface area (Å²) in [5.41, 5.74) is 2.99. The van der Waals surface area contributed by atoms with Gasteiger partial charge in [0.15, 0.2) is 11.6 Å². The molecular weight excluding hydrogens is 510 g/mol. The first-order valence-corrected chi connectivity index (χ1v) is 11.0. The molecule has 0 radical (unpaired) electrons. The number of hydrogen-bond acceptors (Lipinski definition) is 6. The van der Waals surface area contributed by atoms with Gasteiger partial charge in [-0.2, -0.15) is 0 Å². The number of alkyl halides is 2. The van der Waals surface area contributed by atoms with Crippen molar-refractivity contribution in [1.29, 1.82) is 0 Å². The molecule has 0 atom stereocenters. The SMILES string of the molecule is Cc1c(Oc2ccc(NC(=O)c3cn(CC(F)F)c(=O)n(-c4ccc(F)cc4)c3=O)cc2F)ccnc1N. The summed E-state index contributed by atoms with van der Waals surface area (Å²) in [5.74, 6) is -2.37. The molecule has 0 aliphatic rings. The summed E-state index contributed by atoms with van der Waals surface area (Å²) in [4.78, 5) is 42.6. The van der Waals surface area contributed by atoms with Crippen LogP contribution in [-0.4, -0.2) is 26.5 Å². The number of nitrogens with zero attached hydrogens (tertiary/aromatic N) is 3. The quantitative estimate of drug-likeness (QED) is 0.351. The highest BCUT2D eigenvalue weighted by Crippen LogP contribution is 2.30. The Hall–Kier alpha value is -4.94. The van der Waals surface area contributed by atoms with E-state index in [9.17, 15) is 31.9 Å². The number of nitrogens with two attached hydrogens (primary N) is 1. The topological polar surface area (TPSA) is 121 Å². The zero-order chi connectivity index (χ0) is 27.6. The van der Waals surface area contributed by atoms with Gasteiger partial charge in [-0.25, -0.2) is 31.9 Å². The molecule has 2 aromatic heterocycles. The van der Waals surface area contributed by atoms with Gasteiger partial charge < -0.3 is 15.8 Å². The fourth-order valence-electron chi connectivity index (χ4n) is 3.48. The molecule has 0 unspecified atom stereocenters. The maximum Gasteiger partial charge on any atom is 0.335 e. The number of nitrogen functional groups attached to an aromatic ring is 1. The maximum atomic E-state index is 14.7. The van der Waals surface area contributed by atoms with Crippen LogP contribution in [0.25, 0.3) is 5.69 Å². The van der Waals surface area contributed by atoms with E-state index in [-0.39, 0.29) is 28.7 Å². The Morgan fingerprint density at radius 2 is 1.79 bits per heavy atom. The molecule has 0 saturated heterocycles. The van der Waals surface area contributed by atoms with Crippen molar-refractivity contribution in [2.24, 2.45) is 0 Å². The number of aromatic nitrogens is 3. The van der Waals surface area contributed by atoms with Crippen LogP contribution in [0, 0.1) is 18.6 Å². The van der Waals surface area contributed by atoms with E-state index < -0.39 is 47.3 Å². The molecule has 0 aliphatic carbocycles. The number of ether oxygens (including phenoxy) is 1. The highest BCUT2D eigenvalue weighted by molar-refractivity contribution is 6.03. The Labute approximate surface area is 211 Å². The molecule has 0 spiro atoms. The van der Waals surface area contributed by atoms with Crippen molar-refractivity contribution in [1.82, 2.24) is 14.1 Å². The first-order valence-electron chi connectivity index (χ1n) is 11.0. The van der Waals surface area contributed by atoms with Gasteiger partial charge in [-0.15, -0.1) is 0 Å². The number of amides is 1. The summed E-state index contributed by atoms with van der Waals surface area (Å²) in [5, 5.41) is 2.30. The van der Waals surface area contributed by atoms with Gasteiger partial charge in [0.05, 0.1) is 12.2 Å². The molecule has 1 amide bonds. The molecule has 2 heterocycles. The highest BCUT2D eigenvalue weighted by atomic mass is 19.3. The smallest absolute Gasteiger partial charge is 0.335 e. The molecule has 3 N–H and O–H groups in total. The summed E-state index contributed by atoms with van der Waals surface area (Å²) in [6.07, 6.45) is -0.906. The van der Waals surface area contributed by atoms with Crippen molar-refractivity contribution in [3.8, 4) is 17.2 Å². The van der Waals surface area contributed by atoms with Crippen molar-refractivity contribution >= 4 is 17.4 Å². The third kappa shape index (κ3) is 5.40. The molecule has 38 heavy (non-hydrogen) atoms. The van der Waals surface area contributed by atoms with Gasteiger partial charge in [0, 0.05) is 29.7 Å². The summed E-state index contributed by atoms with van der Waals surface area (Å²) < 4.78 is 60.7. The predicted octanol–water partition coefficient (Wildman–Crippen LogP) is 3.87. The lowest BCUT2D eigenvalue weighted by Crippen LogP contribution is -2.43. The van der Waals surface area contributed by atoms with Crippen molar-refractivity contribution in [3.05, 3.63) is 105 Å². The summed E-state index contributed by atoms with van der Waals surface area (Å²) in [6, 6.07) is 8.98. The fourth-order valence-corrected chi connectivity index (χ4v) is 3.48. The van der Waals surface area contributed by atoms with E-state index in [1.54, 1.807) is 6.92 Å². The number of halogens is 4. The minimum absolute atomic E-state index is 0.0924. The lowest BCUT2D eigenvalue weighted by molar-refractivity contribution is 0.101. The van der Waals surface area contributed by atoms with Gasteiger partial charge in [0.1, 0.15) is 22.9 Å². The predicted molar refractivity (Wildman–Crippen MR) is 130 cm³/mol. The average molecular weight is 529 g/mol. The van der Waals surface area contributed by atoms with Crippen LogP contribution in [0.15, 0.2) is 70.5 Å². The largest absolute Gasteiger partial charge is 0.454 e. The number of benzene rings is 2. The standard InChI is InChI=1S/C25H19F4N5O4/c1-13-19(8-9-31-22(13)30)38-20-7-4-15(10-18(20)27)32-23(35)17-11-33(12-21(28)29)25(37)34(24(17)36)16-5-2-14(26)3-6-16/h2-11,21H,12H2,1H3,(H2,30,31)(H,32,35). The molecule has 4 rings (SSSR count). The van der Waals surface area contributed by atoms with E-state index in [2.05, 4.69) is 10.3 Å². The van der Waals surface area contributed by atoms with Crippen LogP contribution in [0.1, 0.15) is 15.9 Å². The zero-order valence-corrected chi connectivity index (χ0v) is 19.6. The van der Waals surface area contributed by atoms with E-state index >= 15 is 0 Å². The minimum atomic E-state index is -2.98. The van der Waals surface area contributed by atoms with E-state index in [4.69, 9.17) is 10.5 Å². The third-order valence-corrected chi connectivity index (χ3v) is 5.42. The van der Waals surface area contributed by atoms with Crippen molar-refractivity contribution in [2.75, 3.05) is 11.1 Å². The van der Waals surface area contributed by atoms with Crippen LogP contribution in [0.4, 0.5) is 29.1 Å². The molecule has 196 valence electrons. The second-order valence-corrected chi connectivity index (χ2v) is 8.01. The van der Waals surface area contributed by atoms with Crippen molar-refractivity contribution in [2.45, 2.75) is 19.9 Å². The van der Waals surface area contributed by atoms with Gasteiger partial charge in [0.25, 0.3) is 17.9 Å². The van der Waals surface area contributed by atoms with Gasteiger partial charge in [-0.1, -0.05) is 0 Å². The lowest BCUT2D eigenvalue weighted by atomic mass is 10.2. The van der Waals surface area contributed by atoms with E-state index in [0.717, 1.165) is 30.3 Å². The molecule has 13 heteroatoms. The number of rotatable bonds is 7.